The first-order valence-corrected chi connectivity index (χ1v) is 8.32. The highest BCUT2D eigenvalue weighted by atomic mass is 16.5. The molecule has 1 amide bonds. The van der Waals surface area contributed by atoms with Crippen LogP contribution >= 0.6 is 0 Å². The van der Waals surface area contributed by atoms with Crippen LogP contribution in [0.25, 0.3) is 11.1 Å². The lowest BCUT2D eigenvalue weighted by Gasteiger charge is -2.12. The maximum atomic E-state index is 12.7. The fraction of sp³-hybridized carbons (Fsp3) is 0.0455. The number of rotatable bonds is 5. The number of amides is 1. The molecule has 5 heteroatoms. The lowest BCUT2D eigenvalue weighted by atomic mass is 10.0. The van der Waals surface area contributed by atoms with E-state index in [1.54, 1.807) is 30.3 Å². The molecule has 0 fully saturated rings. The van der Waals surface area contributed by atoms with Crippen LogP contribution in [0.5, 0.6) is 5.75 Å². The van der Waals surface area contributed by atoms with Crippen LogP contribution in [0.4, 0.5) is 5.69 Å². The molecular weight excluding hydrogens is 342 g/mol. The monoisotopic (exact) mass is 359 g/mol. The fourth-order valence-electron chi connectivity index (χ4n) is 2.67. The maximum absolute atomic E-state index is 12.7. The summed E-state index contributed by atoms with van der Waals surface area (Å²) in [6.45, 7) is 1.27. The fourth-order valence-corrected chi connectivity index (χ4v) is 2.67. The molecule has 0 aromatic heterocycles. The maximum Gasteiger partial charge on any atom is 0.308 e. The number of aldehydes is 1. The molecule has 5 nitrogen and oxygen atoms in total. The molecule has 0 radical (unpaired) electrons. The van der Waals surface area contributed by atoms with Gasteiger partial charge in [0.1, 0.15) is 5.75 Å². The van der Waals surface area contributed by atoms with Crippen molar-refractivity contribution >= 4 is 23.9 Å². The molecule has 0 unspecified atom stereocenters. The van der Waals surface area contributed by atoms with Crippen LogP contribution in [0.1, 0.15) is 27.6 Å². The molecule has 0 saturated heterocycles. The number of nitrogens with one attached hydrogen (secondary N) is 1. The minimum absolute atomic E-state index is 0.161. The molecule has 134 valence electrons. The number of carbonyl (C=O) groups excluding carboxylic acids is 3. The van der Waals surface area contributed by atoms with Crippen molar-refractivity contribution in [3.63, 3.8) is 0 Å². The van der Waals surface area contributed by atoms with Gasteiger partial charge in [-0.05, 0) is 35.4 Å². The smallest absolute Gasteiger partial charge is 0.308 e. The number of benzene rings is 3. The number of ether oxygens (including phenoxy) is 1. The molecule has 0 aliphatic carbocycles. The van der Waals surface area contributed by atoms with Crippen LogP contribution in [0.3, 0.4) is 0 Å². The van der Waals surface area contributed by atoms with E-state index in [0.717, 1.165) is 11.1 Å². The number of carbonyl (C=O) groups is 3. The summed E-state index contributed by atoms with van der Waals surface area (Å²) in [5.74, 6) is -0.829. The lowest BCUT2D eigenvalue weighted by Crippen LogP contribution is -2.16. The summed E-state index contributed by atoms with van der Waals surface area (Å²) in [4.78, 5) is 35.3. The van der Waals surface area contributed by atoms with E-state index in [9.17, 15) is 14.4 Å². The van der Waals surface area contributed by atoms with Crippen LogP contribution in [0.2, 0.25) is 0 Å². The summed E-state index contributed by atoms with van der Waals surface area (Å²) in [6, 6.07) is 21.3. The number of hydrogen-bond donors (Lipinski definition) is 1. The predicted molar refractivity (Wildman–Crippen MR) is 103 cm³/mol. The first-order valence-electron chi connectivity index (χ1n) is 8.32. The predicted octanol–water partition coefficient (Wildman–Crippen LogP) is 4.34. The van der Waals surface area contributed by atoms with Crippen LogP contribution < -0.4 is 10.1 Å². The van der Waals surface area contributed by atoms with Crippen molar-refractivity contribution in [2.45, 2.75) is 6.92 Å². The Labute approximate surface area is 156 Å². The molecule has 27 heavy (non-hydrogen) atoms. The van der Waals surface area contributed by atoms with Crippen LogP contribution in [0, 0.1) is 0 Å². The van der Waals surface area contributed by atoms with Crippen LogP contribution in [-0.2, 0) is 4.79 Å². The number of para-hydroxylation sites is 1. The molecule has 1 N–H and O–H groups in total. The van der Waals surface area contributed by atoms with Crippen molar-refractivity contribution in [1.82, 2.24) is 0 Å². The number of esters is 1. The molecule has 0 heterocycles. The van der Waals surface area contributed by atoms with Gasteiger partial charge in [0.15, 0.2) is 6.29 Å². The van der Waals surface area contributed by atoms with E-state index in [0.29, 0.717) is 17.5 Å². The van der Waals surface area contributed by atoms with Gasteiger partial charge in [-0.1, -0.05) is 48.5 Å². The molecule has 3 aromatic rings. The van der Waals surface area contributed by atoms with Gasteiger partial charge in [0.2, 0.25) is 0 Å². The number of anilines is 1. The Kier molecular flexibility index (Phi) is 5.42. The Hall–Kier alpha value is -3.73. The molecule has 0 bridgehead atoms. The van der Waals surface area contributed by atoms with Gasteiger partial charge in [-0.15, -0.1) is 0 Å². The SMILES string of the molecule is CC(=O)Oc1ccccc1C(=O)Nc1cc(-c2ccccc2)ccc1C=O. The average Bonchev–Trinajstić information content (AvgIpc) is 2.68. The molecule has 3 rings (SSSR count). The van der Waals surface area contributed by atoms with Gasteiger partial charge in [0.25, 0.3) is 5.91 Å². The van der Waals surface area contributed by atoms with Gasteiger partial charge in [0, 0.05) is 12.5 Å². The largest absolute Gasteiger partial charge is 0.426 e. The Morgan fingerprint density at radius 1 is 0.889 bits per heavy atom. The zero-order valence-electron chi connectivity index (χ0n) is 14.6. The van der Waals surface area contributed by atoms with E-state index in [1.807, 2.05) is 36.4 Å². The second kappa shape index (κ2) is 8.10. The summed E-state index contributed by atoms with van der Waals surface area (Å²) in [5.41, 5.74) is 2.77. The van der Waals surface area contributed by atoms with E-state index in [1.165, 1.54) is 13.0 Å². The lowest BCUT2D eigenvalue weighted by molar-refractivity contribution is -0.131. The Morgan fingerprint density at radius 3 is 2.30 bits per heavy atom. The Bertz CT molecular complexity index is 996. The third kappa shape index (κ3) is 4.27. The molecule has 0 spiro atoms. The zero-order valence-corrected chi connectivity index (χ0v) is 14.6. The molecular formula is C22H17NO4. The van der Waals surface area contributed by atoms with Crippen molar-refractivity contribution in [3.05, 3.63) is 83.9 Å². The molecule has 0 aliphatic heterocycles. The highest BCUT2D eigenvalue weighted by Crippen LogP contribution is 2.26. The van der Waals surface area contributed by atoms with E-state index in [2.05, 4.69) is 5.32 Å². The second-order valence-corrected chi connectivity index (χ2v) is 5.83. The second-order valence-electron chi connectivity index (χ2n) is 5.83. The molecule has 0 atom stereocenters. The average molecular weight is 359 g/mol. The van der Waals surface area contributed by atoms with Crippen molar-refractivity contribution in [2.75, 3.05) is 5.32 Å². The van der Waals surface area contributed by atoms with Crippen LogP contribution in [-0.4, -0.2) is 18.2 Å². The first-order chi connectivity index (χ1) is 13.1. The quantitative estimate of drug-likeness (QED) is 0.418. The summed E-state index contributed by atoms with van der Waals surface area (Å²) in [5, 5.41) is 2.74. The van der Waals surface area contributed by atoms with E-state index in [-0.39, 0.29) is 11.3 Å². The third-order valence-corrected chi connectivity index (χ3v) is 3.92. The van der Waals surface area contributed by atoms with E-state index < -0.39 is 11.9 Å². The third-order valence-electron chi connectivity index (χ3n) is 3.92. The summed E-state index contributed by atoms with van der Waals surface area (Å²) in [7, 11) is 0. The van der Waals surface area contributed by atoms with Crippen molar-refractivity contribution < 1.29 is 19.1 Å². The highest BCUT2D eigenvalue weighted by molar-refractivity contribution is 6.08. The van der Waals surface area contributed by atoms with Crippen molar-refractivity contribution in [1.29, 1.82) is 0 Å². The minimum Gasteiger partial charge on any atom is -0.426 e. The van der Waals surface area contributed by atoms with Gasteiger partial charge in [-0.3, -0.25) is 14.4 Å². The summed E-state index contributed by atoms with van der Waals surface area (Å²) >= 11 is 0. The topological polar surface area (TPSA) is 72.5 Å². The van der Waals surface area contributed by atoms with Crippen LogP contribution in [0.15, 0.2) is 72.8 Å². The Morgan fingerprint density at radius 2 is 1.59 bits per heavy atom. The van der Waals surface area contributed by atoms with E-state index in [4.69, 9.17) is 4.74 Å². The van der Waals surface area contributed by atoms with Gasteiger partial charge in [-0.2, -0.15) is 0 Å². The van der Waals surface area contributed by atoms with Crippen molar-refractivity contribution in [3.8, 4) is 16.9 Å². The molecule has 0 saturated carbocycles. The molecule has 0 aliphatic rings. The van der Waals surface area contributed by atoms with Gasteiger partial charge in [0.05, 0.1) is 11.3 Å². The Balaban J connectivity index is 1.94. The van der Waals surface area contributed by atoms with Crippen molar-refractivity contribution in [2.24, 2.45) is 0 Å². The van der Waals surface area contributed by atoms with Gasteiger partial charge >= 0.3 is 5.97 Å². The highest BCUT2D eigenvalue weighted by Gasteiger charge is 2.15. The standard InChI is InChI=1S/C22H17NO4/c1-15(25)27-21-10-6-5-9-19(21)22(26)23-20-13-17(11-12-18(20)14-24)16-7-3-2-4-8-16/h2-14H,1H3,(H,23,26). The number of hydrogen-bond acceptors (Lipinski definition) is 4. The normalized spacial score (nSPS) is 10.1. The van der Waals surface area contributed by atoms with Gasteiger partial charge < -0.3 is 10.1 Å². The summed E-state index contributed by atoms with van der Waals surface area (Å²) in [6.07, 6.45) is 0.683. The zero-order chi connectivity index (χ0) is 19.2. The van der Waals surface area contributed by atoms with Gasteiger partial charge in [-0.25, -0.2) is 0 Å². The minimum atomic E-state index is -0.519. The summed E-state index contributed by atoms with van der Waals surface area (Å²) < 4.78 is 5.08. The molecule has 3 aromatic carbocycles. The van der Waals surface area contributed by atoms with E-state index >= 15 is 0 Å². The first kappa shape index (κ1) is 18.1.